The van der Waals surface area contributed by atoms with Gasteiger partial charge in [0, 0.05) is 10.6 Å². The average Bonchev–Trinajstić information content (AvgIpc) is 3.29. The molecule has 1 aliphatic carbocycles. The number of amides is 1. The van der Waals surface area contributed by atoms with Gasteiger partial charge in [0.15, 0.2) is 6.54 Å². The third-order valence-corrected chi connectivity index (χ3v) is 6.81. The van der Waals surface area contributed by atoms with E-state index in [4.69, 9.17) is 4.74 Å². The molecule has 6 nitrogen and oxygen atoms in total. The van der Waals surface area contributed by atoms with Crippen molar-refractivity contribution in [1.29, 1.82) is 5.26 Å². The number of nitrogens with one attached hydrogen (secondary N) is 2. The normalized spacial score (nSPS) is 16.5. The second-order valence-corrected chi connectivity index (χ2v) is 8.44. The molecule has 7 heteroatoms. The lowest BCUT2D eigenvalue weighted by atomic mass is 10.1. The van der Waals surface area contributed by atoms with Gasteiger partial charge in [-0.1, -0.05) is 0 Å². The zero-order chi connectivity index (χ0) is 19.5. The number of nitrogens with zero attached hydrogens (tertiary/aromatic N) is 2. The first-order chi connectivity index (χ1) is 13.7. The molecule has 1 saturated heterocycles. The highest BCUT2D eigenvalue weighted by atomic mass is 32.1. The lowest BCUT2D eigenvalue weighted by molar-refractivity contribution is -0.892. The lowest BCUT2D eigenvalue weighted by Gasteiger charge is -2.33. The van der Waals surface area contributed by atoms with E-state index in [-0.39, 0.29) is 5.91 Å². The summed E-state index contributed by atoms with van der Waals surface area (Å²) in [5.41, 5.74) is 3.03. The number of piperazine rings is 1. The predicted octanol–water partition coefficient (Wildman–Crippen LogP) is 1.46. The highest BCUT2D eigenvalue weighted by molar-refractivity contribution is 7.16. The Hall–Kier alpha value is -2.56. The molecule has 2 heterocycles. The first kappa shape index (κ1) is 18.8. The van der Waals surface area contributed by atoms with E-state index in [0.717, 1.165) is 61.8 Å². The number of aryl methyl sites for hydroxylation is 1. The molecule has 0 atom stereocenters. The van der Waals surface area contributed by atoms with Crippen molar-refractivity contribution in [2.45, 2.75) is 19.3 Å². The monoisotopic (exact) mass is 397 g/mol. The molecule has 1 aromatic carbocycles. The molecule has 0 radical (unpaired) electrons. The molecule has 146 valence electrons. The van der Waals surface area contributed by atoms with Crippen LogP contribution in [0, 0.1) is 11.3 Å². The van der Waals surface area contributed by atoms with Crippen LogP contribution in [0.2, 0.25) is 0 Å². The number of hydrogen-bond acceptors (Lipinski definition) is 5. The van der Waals surface area contributed by atoms with Crippen LogP contribution in [0.1, 0.15) is 22.4 Å². The summed E-state index contributed by atoms with van der Waals surface area (Å²) < 4.78 is 5.22. The molecule has 1 amide bonds. The Morgan fingerprint density at radius 2 is 2.04 bits per heavy atom. The summed E-state index contributed by atoms with van der Waals surface area (Å²) in [6.07, 6.45) is 3.11. The van der Waals surface area contributed by atoms with Gasteiger partial charge in [-0.05, 0) is 49.1 Å². The van der Waals surface area contributed by atoms with E-state index in [2.05, 4.69) is 28.4 Å². The van der Waals surface area contributed by atoms with Crippen molar-refractivity contribution in [3.8, 4) is 11.8 Å². The molecule has 0 bridgehead atoms. The highest BCUT2D eigenvalue weighted by Crippen LogP contribution is 2.38. The number of carbonyl (C=O) groups is 1. The van der Waals surface area contributed by atoms with Crippen LogP contribution in [-0.4, -0.2) is 45.7 Å². The maximum atomic E-state index is 12.5. The molecule has 0 spiro atoms. The summed E-state index contributed by atoms with van der Waals surface area (Å²) in [5.74, 6) is 0.866. The number of carbonyl (C=O) groups excluding carboxylic acids is 1. The van der Waals surface area contributed by atoms with Crippen LogP contribution in [0.3, 0.4) is 0 Å². The largest absolute Gasteiger partial charge is 0.497 e. The number of anilines is 2. The molecule has 0 unspecified atom stereocenters. The van der Waals surface area contributed by atoms with Crippen LogP contribution >= 0.6 is 11.3 Å². The number of rotatable bonds is 5. The zero-order valence-corrected chi connectivity index (χ0v) is 16.9. The predicted molar refractivity (Wildman–Crippen MR) is 110 cm³/mol. The van der Waals surface area contributed by atoms with Gasteiger partial charge in [0.05, 0.1) is 38.9 Å². The molecular weight excluding hydrogens is 372 g/mol. The van der Waals surface area contributed by atoms with E-state index in [0.29, 0.717) is 12.1 Å². The topological polar surface area (TPSA) is 69.8 Å². The minimum Gasteiger partial charge on any atom is -0.497 e. The van der Waals surface area contributed by atoms with Gasteiger partial charge in [0.2, 0.25) is 0 Å². The van der Waals surface area contributed by atoms with Gasteiger partial charge in [0.25, 0.3) is 5.91 Å². The quantitative estimate of drug-likeness (QED) is 0.802. The molecule has 2 aliphatic rings. The van der Waals surface area contributed by atoms with Gasteiger partial charge in [-0.3, -0.25) is 4.79 Å². The van der Waals surface area contributed by atoms with Crippen molar-refractivity contribution in [3.05, 3.63) is 40.3 Å². The number of thiophene rings is 1. The minimum atomic E-state index is 0.00400. The molecule has 1 aliphatic heterocycles. The minimum absolute atomic E-state index is 0.00400. The van der Waals surface area contributed by atoms with Gasteiger partial charge in [-0.2, -0.15) is 5.26 Å². The maximum Gasteiger partial charge on any atom is 0.280 e. The Morgan fingerprint density at radius 1 is 1.29 bits per heavy atom. The number of fused-ring (bicyclic) bond motifs is 1. The standard InChI is InChI=1S/C21H24N4O2S/c1-27-16-7-5-15(6-8-16)25-11-9-24(10-12-25)14-20(26)23-21-18(13-22)17-3-2-4-19(17)28-21/h5-8H,2-4,9-12,14H2,1H3,(H,23,26)/p+1. The first-order valence-electron chi connectivity index (χ1n) is 9.75. The molecule has 2 aromatic rings. The van der Waals surface area contributed by atoms with Crippen LogP contribution in [0.5, 0.6) is 5.75 Å². The molecule has 1 aromatic heterocycles. The third kappa shape index (κ3) is 3.84. The molecule has 1 fully saturated rings. The fourth-order valence-corrected chi connectivity index (χ4v) is 5.32. The number of methoxy groups -OCH3 is 1. The second-order valence-electron chi connectivity index (χ2n) is 7.33. The number of ether oxygens (including phenoxy) is 1. The van der Waals surface area contributed by atoms with E-state index in [1.165, 1.54) is 15.5 Å². The Kier molecular flexibility index (Phi) is 5.51. The van der Waals surface area contributed by atoms with Crippen molar-refractivity contribution in [3.63, 3.8) is 0 Å². The second kappa shape index (κ2) is 8.21. The van der Waals surface area contributed by atoms with Gasteiger partial charge >= 0.3 is 0 Å². The summed E-state index contributed by atoms with van der Waals surface area (Å²) in [6.45, 7) is 4.14. The highest BCUT2D eigenvalue weighted by Gasteiger charge is 2.26. The molecular formula is C21H25N4O2S+. The number of nitriles is 1. The fourth-order valence-electron chi connectivity index (χ4n) is 4.06. The van der Waals surface area contributed by atoms with Gasteiger partial charge in [0.1, 0.15) is 16.8 Å². The molecule has 28 heavy (non-hydrogen) atoms. The average molecular weight is 398 g/mol. The van der Waals surface area contributed by atoms with Crippen molar-refractivity contribution >= 4 is 27.9 Å². The Balaban J connectivity index is 1.30. The molecule has 0 saturated carbocycles. The van der Waals surface area contributed by atoms with Crippen LogP contribution in [-0.2, 0) is 17.6 Å². The number of benzene rings is 1. The van der Waals surface area contributed by atoms with Gasteiger partial charge < -0.3 is 19.9 Å². The fraction of sp³-hybridized carbons (Fsp3) is 0.429. The SMILES string of the molecule is COc1ccc(N2CC[NH+](CC(=O)Nc3sc4c(c3C#N)CCC4)CC2)cc1. The molecule has 2 N–H and O–H groups in total. The summed E-state index contributed by atoms with van der Waals surface area (Å²) in [4.78, 5) is 17.4. The van der Waals surface area contributed by atoms with Crippen LogP contribution in [0.4, 0.5) is 10.7 Å². The lowest BCUT2D eigenvalue weighted by Crippen LogP contribution is -3.15. The van der Waals surface area contributed by atoms with Crippen molar-refractivity contribution in [2.75, 3.05) is 50.1 Å². The number of quaternary nitrogens is 1. The van der Waals surface area contributed by atoms with Crippen LogP contribution in [0.15, 0.2) is 24.3 Å². The summed E-state index contributed by atoms with van der Waals surface area (Å²) in [6, 6.07) is 10.4. The first-order valence-corrected chi connectivity index (χ1v) is 10.6. The summed E-state index contributed by atoms with van der Waals surface area (Å²) in [7, 11) is 1.67. The molecule has 4 rings (SSSR count). The van der Waals surface area contributed by atoms with E-state index in [1.54, 1.807) is 18.4 Å². The third-order valence-electron chi connectivity index (χ3n) is 5.60. The Bertz CT molecular complexity index is 892. The van der Waals surface area contributed by atoms with Crippen molar-refractivity contribution in [2.24, 2.45) is 0 Å². The van der Waals surface area contributed by atoms with Gasteiger partial charge in [-0.25, -0.2) is 0 Å². The van der Waals surface area contributed by atoms with E-state index >= 15 is 0 Å². The van der Waals surface area contributed by atoms with Crippen molar-refractivity contribution < 1.29 is 14.4 Å². The summed E-state index contributed by atoms with van der Waals surface area (Å²) in [5, 5.41) is 13.2. The van der Waals surface area contributed by atoms with E-state index < -0.39 is 0 Å². The van der Waals surface area contributed by atoms with Crippen molar-refractivity contribution in [1.82, 2.24) is 0 Å². The Morgan fingerprint density at radius 3 is 2.71 bits per heavy atom. The van der Waals surface area contributed by atoms with Gasteiger partial charge in [-0.15, -0.1) is 11.3 Å². The smallest absolute Gasteiger partial charge is 0.280 e. The Labute approximate surface area is 169 Å². The summed E-state index contributed by atoms with van der Waals surface area (Å²) >= 11 is 1.58. The number of hydrogen-bond donors (Lipinski definition) is 2. The zero-order valence-electron chi connectivity index (χ0n) is 16.1. The van der Waals surface area contributed by atoms with E-state index in [1.807, 2.05) is 12.1 Å². The van der Waals surface area contributed by atoms with E-state index in [9.17, 15) is 10.1 Å². The maximum absolute atomic E-state index is 12.5. The van der Waals surface area contributed by atoms with Crippen LogP contribution in [0.25, 0.3) is 0 Å². The van der Waals surface area contributed by atoms with Crippen LogP contribution < -0.4 is 19.9 Å².